The number of likely N-dealkylation sites (N-methyl/N-ethyl adjacent to an activating group) is 1. The molecule has 19 heavy (non-hydrogen) atoms. The molecular formula is C16H26N2O. The predicted octanol–water partition coefficient (Wildman–Crippen LogP) is 3.14. The van der Waals surface area contributed by atoms with Crippen LogP contribution < -0.4 is 4.90 Å². The van der Waals surface area contributed by atoms with E-state index in [0.29, 0.717) is 19.6 Å². The number of hydrogen-bond donors (Lipinski definition) is 0. The maximum absolute atomic E-state index is 12.2. The van der Waals surface area contributed by atoms with Crippen molar-refractivity contribution in [1.82, 2.24) is 0 Å². The van der Waals surface area contributed by atoms with Crippen molar-refractivity contribution in [2.75, 3.05) is 37.6 Å². The molecule has 1 heterocycles. The van der Waals surface area contributed by atoms with E-state index in [1.54, 1.807) is 0 Å². The van der Waals surface area contributed by atoms with Gasteiger partial charge in [0.05, 0.1) is 32.7 Å². The Morgan fingerprint density at radius 2 is 1.63 bits per heavy atom. The van der Waals surface area contributed by atoms with Crippen LogP contribution in [0.25, 0.3) is 0 Å². The number of anilines is 1. The van der Waals surface area contributed by atoms with Crippen molar-refractivity contribution in [3.05, 3.63) is 35.0 Å². The Hall–Kier alpha value is -1.06. The standard InChI is InChI=1S/C16H26N2O/c1-5-18(19)12-10-17(11-13-18)15-8-6-14(7-9-15)16(2,3)4/h6-9H,5,10-13H2,1-4H3. The van der Waals surface area contributed by atoms with E-state index in [1.807, 2.05) is 6.92 Å². The van der Waals surface area contributed by atoms with Crippen molar-refractivity contribution in [3.8, 4) is 0 Å². The van der Waals surface area contributed by atoms with Gasteiger partial charge in [0, 0.05) is 5.69 Å². The summed E-state index contributed by atoms with van der Waals surface area (Å²) in [4.78, 5) is 2.33. The summed E-state index contributed by atoms with van der Waals surface area (Å²) in [5, 5.41) is 12.2. The zero-order valence-corrected chi connectivity index (χ0v) is 12.6. The minimum absolute atomic E-state index is 0.0312. The molecule has 0 unspecified atom stereocenters. The van der Waals surface area contributed by atoms with Crippen LogP contribution >= 0.6 is 0 Å². The number of piperazine rings is 1. The van der Waals surface area contributed by atoms with Crippen molar-refractivity contribution in [1.29, 1.82) is 0 Å². The number of quaternary nitrogens is 1. The van der Waals surface area contributed by atoms with Gasteiger partial charge in [-0.1, -0.05) is 32.9 Å². The number of hydrogen-bond acceptors (Lipinski definition) is 2. The fourth-order valence-electron chi connectivity index (χ4n) is 2.58. The van der Waals surface area contributed by atoms with Gasteiger partial charge in [-0.25, -0.2) is 0 Å². The van der Waals surface area contributed by atoms with Crippen LogP contribution in [0.5, 0.6) is 0 Å². The lowest BCUT2D eigenvalue weighted by molar-refractivity contribution is -0.879. The predicted molar refractivity (Wildman–Crippen MR) is 81.3 cm³/mol. The molecule has 1 saturated heterocycles. The third-order valence-electron chi connectivity index (χ3n) is 4.23. The van der Waals surface area contributed by atoms with Crippen LogP contribution in [0.3, 0.4) is 0 Å². The molecule has 3 heteroatoms. The van der Waals surface area contributed by atoms with E-state index in [4.69, 9.17) is 0 Å². The lowest BCUT2D eigenvalue weighted by Gasteiger charge is -2.48. The largest absolute Gasteiger partial charge is 0.633 e. The van der Waals surface area contributed by atoms with Gasteiger partial charge in [-0.2, -0.15) is 0 Å². The number of rotatable bonds is 2. The zero-order valence-electron chi connectivity index (χ0n) is 12.6. The van der Waals surface area contributed by atoms with Crippen LogP contribution in [-0.4, -0.2) is 37.4 Å². The second-order valence-electron chi connectivity index (χ2n) is 6.61. The summed E-state index contributed by atoms with van der Waals surface area (Å²) < 4.78 is -0.0312. The van der Waals surface area contributed by atoms with Crippen LogP contribution in [0.1, 0.15) is 33.3 Å². The van der Waals surface area contributed by atoms with Crippen LogP contribution in [0, 0.1) is 5.21 Å². The molecule has 0 radical (unpaired) electrons. The van der Waals surface area contributed by atoms with Gasteiger partial charge in [-0.05, 0) is 30.0 Å². The SMILES string of the molecule is CC[N+]1([O-])CCN(c2ccc(C(C)(C)C)cc2)CC1. The van der Waals surface area contributed by atoms with Crippen molar-refractivity contribution in [3.63, 3.8) is 0 Å². The van der Waals surface area contributed by atoms with Crippen molar-refractivity contribution < 1.29 is 4.65 Å². The second kappa shape index (κ2) is 5.14. The third kappa shape index (κ3) is 3.28. The van der Waals surface area contributed by atoms with E-state index in [0.717, 1.165) is 13.1 Å². The van der Waals surface area contributed by atoms with Gasteiger partial charge in [-0.3, -0.25) is 0 Å². The number of nitrogens with zero attached hydrogens (tertiary/aromatic N) is 2. The number of benzene rings is 1. The lowest BCUT2D eigenvalue weighted by Crippen LogP contribution is -2.56. The quantitative estimate of drug-likeness (QED) is 0.604. The highest BCUT2D eigenvalue weighted by atomic mass is 16.5. The molecule has 0 atom stereocenters. The first kappa shape index (κ1) is 14.4. The minimum Gasteiger partial charge on any atom is -0.633 e. The summed E-state index contributed by atoms with van der Waals surface area (Å²) in [5.41, 5.74) is 2.80. The molecule has 1 fully saturated rings. The monoisotopic (exact) mass is 262 g/mol. The van der Waals surface area contributed by atoms with Gasteiger partial charge in [0.15, 0.2) is 0 Å². The fourth-order valence-corrected chi connectivity index (χ4v) is 2.58. The maximum atomic E-state index is 12.2. The zero-order chi connectivity index (χ0) is 14.1. The van der Waals surface area contributed by atoms with Crippen molar-refractivity contribution in [2.24, 2.45) is 0 Å². The van der Waals surface area contributed by atoms with E-state index in [2.05, 4.69) is 49.9 Å². The first-order valence-corrected chi connectivity index (χ1v) is 7.27. The first-order valence-electron chi connectivity index (χ1n) is 7.27. The summed E-state index contributed by atoms with van der Waals surface area (Å²) in [7, 11) is 0. The average Bonchev–Trinajstić information content (AvgIpc) is 2.39. The van der Waals surface area contributed by atoms with Crippen LogP contribution in [-0.2, 0) is 5.41 Å². The third-order valence-corrected chi connectivity index (χ3v) is 4.23. The second-order valence-corrected chi connectivity index (χ2v) is 6.61. The van der Waals surface area contributed by atoms with Crippen LogP contribution in [0.15, 0.2) is 24.3 Å². The summed E-state index contributed by atoms with van der Waals surface area (Å²) in [6.07, 6.45) is 0. The molecule has 1 aliphatic rings. The van der Waals surface area contributed by atoms with Gasteiger partial charge in [-0.15, -0.1) is 0 Å². The Bertz CT molecular complexity index is 411. The molecule has 0 aliphatic carbocycles. The van der Waals surface area contributed by atoms with Gasteiger partial charge < -0.3 is 14.8 Å². The molecule has 2 rings (SSSR count). The molecule has 106 valence electrons. The van der Waals surface area contributed by atoms with Gasteiger partial charge >= 0.3 is 0 Å². The van der Waals surface area contributed by atoms with E-state index in [-0.39, 0.29) is 10.1 Å². The van der Waals surface area contributed by atoms with E-state index >= 15 is 0 Å². The molecular weight excluding hydrogens is 236 g/mol. The Morgan fingerprint density at radius 3 is 2.05 bits per heavy atom. The number of hydroxylamine groups is 3. The summed E-state index contributed by atoms with van der Waals surface area (Å²) in [6, 6.07) is 8.81. The van der Waals surface area contributed by atoms with E-state index < -0.39 is 0 Å². The van der Waals surface area contributed by atoms with Crippen molar-refractivity contribution >= 4 is 5.69 Å². The Morgan fingerprint density at radius 1 is 1.11 bits per heavy atom. The Balaban J connectivity index is 2.04. The summed E-state index contributed by atoms with van der Waals surface area (Å²) in [5.74, 6) is 0. The lowest BCUT2D eigenvalue weighted by atomic mass is 9.87. The van der Waals surface area contributed by atoms with E-state index in [1.165, 1.54) is 11.3 Å². The molecule has 1 aromatic carbocycles. The minimum atomic E-state index is -0.0312. The van der Waals surface area contributed by atoms with Crippen LogP contribution in [0.4, 0.5) is 5.69 Å². The van der Waals surface area contributed by atoms with E-state index in [9.17, 15) is 5.21 Å². The normalized spacial score (nSPS) is 19.5. The van der Waals surface area contributed by atoms with Gasteiger partial charge in [0.25, 0.3) is 0 Å². The highest BCUT2D eigenvalue weighted by Crippen LogP contribution is 2.26. The molecule has 0 spiro atoms. The van der Waals surface area contributed by atoms with Gasteiger partial charge in [0.2, 0.25) is 0 Å². The molecule has 0 N–H and O–H groups in total. The molecule has 1 aromatic rings. The topological polar surface area (TPSA) is 26.3 Å². The summed E-state index contributed by atoms with van der Waals surface area (Å²) in [6.45, 7) is 12.5. The highest BCUT2D eigenvalue weighted by Gasteiger charge is 2.24. The first-order chi connectivity index (χ1) is 8.84. The smallest absolute Gasteiger partial charge is 0.0962 e. The molecule has 1 aliphatic heterocycles. The van der Waals surface area contributed by atoms with Crippen molar-refractivity contribution in [2.45, 2.75) is 33.1 Å². The molecule has 0 bridgehead atoms. The fraction of sp³-hybridized carbons (Fsp3) is 0.625. The Kier molecular flexibility index (Phi) is 3.88. The molecule has 0 saturated carbocycles. The highest BCUT2D eigenvalue weighted by molar-refractivity contribution is 5.48. The molecule has 0 aromatic heterocycles. The van der Waals surface area contributed by atoms with Gasteiger partial charge in [0.1, 0.15) is 0 Å². The average molecular weight is 262 g/mol. The summed E-state index contributed by atoms with van der Waals surface area (Å²) >= 11 is 0. The maximum Gasteiger partial charge on any atom is 0.0962 e. The molecule has 3 nitrogen and oxygen atoms in total. The molecule has 0 amide bonds. The van der Waals surface area contributed by atoms with Crippen LogP contribution in [0.2, 0.25) is 0 Å². The Labute approximate surface area is 117 Å².